The van der Waals surface area contributed by atoms with Crippen LogP contribution in [0.25, 0.3) is 0 Å². The van der Waals surface area contributed by atoms with Crippen molar-refractivity contribution in [3.05, 3.63) is 0 Å². The number of guanidine groups is 1. The number of hydrogen-bond donors (Lipinski definition) is 3. The van der Waals surface area contributed by atoms with Gasteiger partial charge >= 0.3 is 0 Å². The molecule has 0 amide bonds. The molecule has 0 unspecified atom stereocenters. The van der Waals surface area contributed by atoms with Crippen molar-refractivity contribution in [2.24, 2.45) is 4.99 Å². The Morgan fingerprint density at radius 1 is 0.923 bits per heavy atom. The van der Waals surface area contributed by atoms with Crippen LogP contribution in [0.4, 0.5) is 0 Å². The predicted octanol–water partition coefficient (Wildman–Crippen LogP) is 1.65. The average molecular weight is 368 g/mol. The van der Waals surface area contributed by atoms with Crippen LogP contribution >= 0.6 is 0 Å². The smallest absolute Gasteiger partial charge is 0.191 e. The number of nitrogens with zero attached hydrogens (tertiary/aromatic N) is 3. The van der Waals surface area contributed by atoms with Crippen LogP contribution in [0.2, 0.25) is 0 Å². The summed E-state index contributed by atoms with van der Waals surface area (Å²) in [6.45, 7) is 11.8. The SMILES string of the molecule is CCNC(=NCCCN1CCCCCC1)NCCCN1CCC(O)CC1. The first-order chi connectivity index (χ1) is 12.8. The number of hydrogen-bond acceptors (Lipinski definition) is 4. The molecule has 0 aromatic heterocycles. The average Bonchev–Trinajstić information content (AvgIpc) is 2.92. The summed E-state index contributed by atoms with van der Waals surface area (Å²) in [5.74, 6) is 0.956. The summed E-state index contributed by atoms with van der Waals surface area (Å²) in [5, 5.41) is 16.4. The molecule has 0 saturated carbocycles. The highest BCUT2D eigenvalue weighted by molar-refractivity contribution is 5.79. The van der Waals surface area contributed by atoms with Gasteiger partial charge in [0.2, 0.25) is 0 Å². The largest absolute Gasteiger partial charge is 0.393 e. The molecule has 0 aromatic carbocycles. The summed E-state index contributed by atoms with van der Waals surface area (Å²) in [4.78, 5) is 9.80. The van der Waals surface area contributed by atoms with Gasteiger partial charge < -0.3 is 25.5 Å². The molecule has 2 saturated heterocycles. The number of aliphatic hydroxyl groups excluding tert-OH is 1. The number of likely N-dealkylation sites (tertiary alicyclic amines) is 2. The zero-order valence-corrected chi connectivity index (χ0v) is 16.9. The highest BCUT2D eigenvalue weighted by Crippen LogP contribution is 2.10. The van der Waals surface area contributed by atoms with E-state index in [1.54, 1.807) is 0 Å². The van der Waals surface area contributed by atoms with Crippen LogP contribution in [0.15, 0.2) is 4.99 Å². The lowest BCUT2D eigenvalue weighted by molar-refractivity contribution is 0.0823. The molecular formula is C20H41N5O. The molecular weight excluding hydrogens is 326 g/mol. The second-order valence-corrected chi connectivity index (χ2v) is 7.72. The Balaban J connectivity index is 1.56. The molecule has 2 fully saturated rings. The number of piperidine rings is 1. The topological polar surface area (TPSA) is 63.1 Å². The number of aliphatic imine (C=N–C) groups is 1. The first kappa shape index (κ1) is 21.5. The third-order valence-corrected chi connectivity index (χ3v) is 5.45. The molecule has 2 heterocycles. The minimum atomic E-state index is -0.0776. The second-order valence-electron chi connectivity index (χ2n) is 7.72. The van der Waals surface area contributed by atoms with Gasteiger partial charge in [0.25, 0.3) is 0 Å². The van der Waals surface area contributed by atoms with Crippen LogP contribution in [-0.2, 0) is 0 Å². The van der Waals surface area contributed by atoms with Crippen LogP contribution in [0.5, 0.6) is 0 Å². The quantitative estimate of drug-likeness (QED) is 0.329. The fraction of sp³-hybridized carbons (Fsp3) is 0.950. The van der Waals surface area contributed by atoms with Gasteiger partial charge in [0.15, 0.2) is 5.96 Å². The van der Waals surface area contributed by atoms with Crippen molar-refractivity contribution in [1.82, 2.24) is 20.4 Å². The van der Waals surface area contributed by atoms with Gasteiger partial charge in [-0.15, -0.1) is 0 Å². The Hall–Kier alpha value is -0.850. The van der Waals surface area contributed by atoms with Gasteiger partial charge in [0.1, 0.15) is 0 Å². The standard InChI is InChI=1S/C20H41N5O/c1-2-21-20(22-11-7-15-24-13-5-3-4-6-14-24)23-12-8-16-25-17-9-19(26)10-18-25/h19,26H,2-18H2,1H3,(H2,21,22,23). The lowest BCUT2D eigenvalue weighted by atomic mass is 10.1. The highest BCUT2D eigenvalue weighted by Gasteiger charge is 2.16. The Morgan fingerprint density at radius 2 is 1.58 bits per heavy atom. The minimum absolute atomic E-state index is 0.0776. The van der Waals surface area contributed by atoms with E-state index in [2.05, 4.69) is 27.4 Å². The Bertz CT molecular complexity index is 374. The van der Waals surface area contributed by atoms with E-state index in [0.29, 0.717) is 0 Å². The molecule has 0 atom stereocenters. The van der Waals surface area contributed by atoms with Gasteiger partial charge in [-0.25, -0.2) is 0 Å². The Labute approximate surface area is 160 Å². The van der Waals surface area contributed by atoms with Gasteiger partial charge in [-0.1, -0.05) is 12.8 Å². The molecule has 0 spiro atoms. The molecule has 3 N–H and O–H groups in total. The zero-order chi connectivity index (χ0) is 18.5. The minimum Gasteiger partial charge on any atom is -0.393 e. The van der Waals surface area contributed by atoms with Crippen LogP contribution in [0.1, 0.15) is 58.3 Å². The molecule has 6 heteroatoms. The van der Waals surface area contributed by atoms with Crippen molar-refractivity contribution in [2.45, 2.75) is 64.4 Å². The van der Waals surface area contributed by atoms with E-state index in [4.69, 9.17) is 4.99 Å². The first-order valence-corrected chi connectivity index (χ1v) is 10.9. The fourth-order valence-corrected chi connectivity index (χ4v) is 3.84. The van der Waals surface area contributed by atoms with Gasteiger partial charge in [-0.3, -0.25) is 4.99 Å². The molecule has 0 aromatic rings. The summed E-state index contributed by atoms with van der Waals surface area (Å²) in [7, 11) is 0. The molecule has 152 valence electrons. The molecule has 0 radical (unpaired) electrons. The third kappa shape index (κ3) is 9.19. The van der Waals surface area contributed by atoms with Gasteiger partial charge in [-0.2, -0.15) is 0 Å². The fourth-order valence-electron chi connectivity index (χ4n) is 3.84. The number of rotatable bonds is 9. The van der Waals surface area contributed by atoms with E-state index >= 15 is 0 Å². The van der Waals surface area contributed by atoms with Gasteiger partial charge in [0, 0.05) is 32.7 Å². The van der Waals surface area contributed by atoms with Crippen LogP contribution in [-0.4, -0.2) is 85.9 Å². The summed E-state index contributed by atoms with van der Waals surface area (Å²) in [5.41, 5.74) is 0. The summed E-state index contributed by atoms with van der Waals surface area (Å²) in [6, 6.07) is 0. The van der Waals surface area contributed by atoms with Crippen LogP contribution in [0.3, 0.4) is 0 Å². The summed E-state index contributed by atoms with van der Waals surface area (Å²) >= 11 is 0. The maximum Gasteiger partial charge on any atom is 0.191 e. The first-order valence-electron chi connectivity index (χ1n) is 10.9. The van der Waals surface area contributed by atoms with E-state index < -0.39 is 0 Å². The third-order valence-electron chi connectivity index (χ3n) is 5.45. The van der Waals surface area contributed by atoms with Crippen molar-refractivity contribution in [3.8, 4) is 0 Å². The number of aliphatic hydroxyl groups is 1. The van der Waals surface area contributed by atoms with Gasteiger partial charge in [0.05, 0.1) is 6.10 Å². The lowest BCUT2D eigenvalue weighted by Crippen LogP contribution is -2.40. The van der Waals surface area contributed by atoms with Gasteiger partial charge in [-0.05, 0) is 71.6 Å². The predicted molar refractivity (Wildman–Crippen MR) is 110 cm³/mol. The lowest BCUT2D eigenvalue weighted by Gasteiger charge is -2.29. The van der Waals surface area contributed by atoms with E-state index in [-0.39, 0.29) is 6.10 Å². The van der Waals surface area contributed by atoms with E-state index in [1.165, 1.54) is 45.3 Å². The molecule has 2 rings (SSSR count). The van der Waals surface area contributed by atoms with E-state index in [0.717, 1.165) is 70.9 Å². The molecule has 0 aliphatic carbocycles. The molecule has 2 aliphatic rings. The Kier molecular flexibility index (Phi) is 11.0. The molecule has 26 heavy (non-hydrogen) atoms. The summed E-state index contributed by atoms with van der Waals surface area (Å²) in [6.07, 6.45) is 9.57. The van der Waals surface area contributed by atoms with Crippen molar-refractivity contribution in [1.29, 1.82) is 0 Å². The molecule has 2 aliphatic heterocycles. The van der Waals surface area contributed by atoms with E-state index in [1.807, 2.05) is 0 Å². The van der Waals surface area contributed by atoms with Crippen molar-refractivity contribution < 1.29 is 5.11 Å². The monoisotopic (exact) mass is 367 g/mol. The Morgan fingerprint density at radius 3 is 2.27 bits per heavy atom. The van der Waals surface area contributed by atoms with Crippen LogP contribution < -0.4 is 10.6 Å². The summed E-state index contributed by atoms with van der Waals surface area (Å²) < 4.78 is 0. The molecule has 6 nitrogen and oxygen atoms in total. The second kappa shape index (κ2) is 13.3. The maximum absolute atomic E-state index is 9.56. The van der Waals surface area contributed by atoms with Crippen LogP contribution in [0, 0.1) is 0 Å². The normalized spacial score (nSPS) is 21.5. The molecule has 0 bridgehead atoms. The van der Waals surface area contributed by atoms with Crippen molar-refractivity contribution >= 4 is 5.96 Å². The van der Waals surface area contributed by atoms with E-state index in [9.17, 15) is 5.11 Å². The maximum atomic E-state index is 9.56. The zero-order valence-electron chi connectivity index (χ0n) is 16.9. The number of nitrogens with one attached hydrogen (secondary N) is 2. The van der Waals surface area contributed by atoms with Crippen molar-refractivity contribution in [3.63, 3.8) is 0 Å². The highest BCUT2D eigenvalue weighted by atomic mass is 16.3. The van der Waals surface area contributed by atoms with Crippen molar-refractivity contribution in [2.75, 3.05) is 58.9 Å².